The number of rotatable bonds is 8. The average molecular weight is 451 g/mol. The van der Waals surface area contributed by atoms with Gasteiger partial charge in [0.05, 0.1) is 17.3 Å². The van der Waals surface area contributed by atoms with Crippen LogP contribution in [0.5, 0.6) is 0 Å². The molecule has 1 saturated heterocycles. The summed E-state index contributed by atoms with van der Waals surface area (Å²) in [5, 5.41) is 22.1. The minimum absolute atomic E-state index is 0.0465. The molecule has 174 valence electrons. The lowest BCUT2D eigenvalue weighted by Crippen LogP contribution is -2.44. The van der Waals surface area contributed by atoms with E-state index >= 15 is 0 Å². The number of aryl methyl sites for hydroxylation is 1. The Balaban J connectivity index is 1.52. The fraction of sp³-hybridized carbons (Fsp3) is 0.478. The van der Waals surface area contributed by atoms with E-state index in [1.165, 1.54) is 11.6 Å². The summed E-state index contributed by atoms with van der Waals surface area (Å²) in [5.41, 5.74) is 2.66. The lowest BCUT2D eigenvalue weighted by atomic mass is 10.0. The highest BCUT2D eigenvalue weighted by molar-refractivity contribution is 5.93. The second-order valence-electron chi connectivity index (χ2n) is 8.75. The number of amides is 1. The standard InChI is InChI=1S/C23H30N8O2/c1-3-19(33)29-9-5-6-16(11-29)25-21-20-18(15-7-8-15)13-30(14-32)22(20)28-23(27-21)26-17-10-24-31(4-2)12-17/h3,10,12-13,15-16,32H,1,4-9,11,14H2,2H3,(H2,25,26,27,28). The van der Waals surface area contributed by atoms with E-state index in [2.05, 4.69) is 22.3 Å². The number of aliphatic hydroxyl groups is 1. The molecule has 0 aromatic carbocycles. The Kier molecular flexibility index (Phi) is 5.76. The number of aliphatic hydroxyl groups excluding tert-OH is 1. The molecule has 33 heavy (non-hydrogen) atoms. The van der Waals surface area contributed by atoms with Crippen LogP contribution in [0.2, 0.25) is 0 Å². The molecule has 1 saturated carbocycles. The summed E-state index contributed by atoms with van der Waals surface area (Å²) in [5.74, 6) is 1.59. The number of carbonyl (C=O) groups excluding carboxylic acids is 1. The zero-order valence-corrected chi connectivity index (χ0v) is 18.9. The van der Waals surface area contributed by atoms with Gasteiger partial charge in [0.2, 0.25) is 11.9 Å². The number of nitrogens with one attached hydrogen (secondary N) is 2. The monoisotopic (exact) mass is 450 g/mol. The van der Waals surface area contributed by atoms with Crippen molar-refractivity contribution in [3.8, 4) is 0 Å². The van der Waals surface area contributed by atoms with Gasteiger partial charge in [-0.3, -0.25) is 9.48 Å². The Morgan fingerprint density at radius 2 is 2.15 bits per heavy atom. The molecule has 3 aromatic rings. The van der Waals surface area contributed by atoms with Crippen LogP contribution in [-0.4, -0.2) is 59.4 Å². The summed E-state index contributed by atoms with van der Waals surface area (Å²) < 4.78 is 3.60. The zero-order valence-electron chi connectivity index (χ0n) is 18.9. The number of piperidine rings is 1. The van der Waals surface area contributed by atoms with Crippen LogP contribution in [0.3, 0.4) is 0 Å². The normalized spacial score (nSPS) is 18.5. The van der Waals surface area contributed by atoms with Crippen molar-refractivity contribution in [3.05, 3.63) is 36.8 Å². The number of carbonyl (C=O) groups is 1. The predicted octanol–water partition coefficient (Wildman–Crippen LogP) is 2.81. The van der Waals surface area contributed by atoms with Crippen molar-refractivity contribution in [3.63, 3.8) is 0 Å². The second-order valence-corrected chi connectivity index (χ2v) is 8.75. The third kappa shape index (κ3) is 4.30. The Labute approximate surface area is 192 Å². The van der Waals surface area contributed by atoms with E-state index in [-0.39, 0.29) is 18.7 Å². The fourth-order valence-electron chi connectivity index (χ4n) is 4.54. The molecule has 1 amide bonds. The van der Waals surface area contributed by atoms with Crippen molar-refractivity contribution in [2.45, 2.75) is 57.8 Å². The topological polar surface area (TPSA) is 113 Å². The van der Waals surface area contributed by atoms with E-state index in [1.54, 1.807) is 10.8 Å². The summed E-state index contributed by atoms with van der Waals surface area (Å²) >= 11 is 0. The van der Waals surface area contributed by atoms with E-state index < -0.39 is 0 Å². The van der Waals surface area contributed by atoms with Crippen LogP contribution >= 0.6 is 0 Å². The summed E-state index contributed by atoms with van der Waals surface area (Å²) in [7, 11) is 0. The van der Waals surface area contributed by atoms with Gasteiger partial charge in [-0.2, -0.15) is 15.1 Å². The van der Waals surface area contributed by atoms with Crippen molar-refractivity contribution in [1.82, 2.24) is 29.2 Å². The van der Waals surface area contributed by atoms with E-state index in [1.807, 2.05) is 28.9 Å². The number of anilines is 3. The van der Waals surface area contributed by atoms with Crippen LogP contribution in [0, 0.1) is 0 Å². The van der Waals surface area contributed by atoms with E-state index in [0.717, 1.165) is 55.7 Å². The molecule has 5 rings (SSSR count). The van der Waals surface area contributed by atoms with Gasteiger partial charge in [-0.1, -0.05) is 6.58 Å². The van der Waals surface area contributed by atoms with Gasteiger partial charge in [-0.15, -0.1) is 0 Å². The first-order valence-electron chi connectivity index (χ1n) is 11.6. The largest absolute Gasteiger partial charge is 0.376 e. The molecule has 0 radical (unpaired) electrons. The Bertz CT molecular complexity index is 1180. The molecule has 1 aliphatic heterocycles. The molecule has 1 aliphatic carbocycles. The smallest absolute Gasteiger partial charge is 0.246 e. The zero-order chi connectivity index (χ0) is 22.9. The first-order valence-corrected chi connectivity index (χ1v) is 11.6. The molecule has 3 aromatic heterocycles. The third-order valence-electron chi connectivity index (χ3n) is 6.38. The molecule has 0 bridgehead atoms. The summed E-state index contributed by atoms with van der Waals surface area (Å²) in [6.07, 6.45) is 11.1. The lowest BCUT2D eigenvalue weighted by Gasteiger charge is -2.33. The number of likely N-dealkylation sites (tertiary alicyclic amines) is 1. The van der Waals surface area contributed by atoms with Crippen molar-refractivity contribution >= 4 is 34.4 Å². The van der Waals surface area contributed by atoms with E-state index in [0.29, 0.717) is 24.1 Å². The lowest BCUT2D eigenvalue weighted by molar-refractivity contribution is -0.127. The highest BCUT2D eigenvalue weighted by atomic mass is 16.3. The van der Waals surface area contributed by atoms with Crippen molar-refractivity contribution in [2.75, 3.05) is 23.7 Å². The molecule has 4 heterocycles. The van der Waals surface area contributed by atoms with Crippen LogP contribution in [0.4, 0.5) is 17.5 Å². The first kappa shape index (κ1) is 21.4. The van der Waals surface area contributed by atoms with Gasteiger partial charge in [-0.25, -0.2) is 0 Å². The molecule has 1 unspecified atom stereocenters. The first-order chi connectivity index (χ1) is 16.1. The molecule has 2 aliphatic rings. The molecular weight excluding hydrogens is 420 g/mol. The maximum absolute atomic E-state index is 12.2. The van der Waals surface area contributed by atoms with Crippen molar-refractivity contribution in [2.24, 2.45) is 0 Å². The maximum Gasteiger partial charge on any atom is 0.246 e. The summed E-state index contributed by atoms with van der Waals surface area (Å²) in [4.78, 5) is 23.6. The highest BCUT2D eigenvalue weighted by Crippen LogP contribution is 2.45. The number of hydrogen-bond donors (Lipinski definition) is 3. The van der Waals surface area contributed by atoms with Crippen LogP contribution in [0.15, 0.2) is 31.2 Å². The third-order valence-corrected chi connectivity index (χ3v) is 6.38. The number of hydrogen-bond acceptors (Lipinski definition) is 7. The van der Waals surface area contributed by atoms with E-state index in [9.17, 15) is 9.90 Å². The summed E-state index contributed by atoms with van der Waals surface area (Å²) in [6.45, 7) is 7.61. The molecule has 10 heteroatoms. The van der Waals surface area contributed by atoms with Crippen LogP contribution < -0.4 is 10.6 Å². The Morgan fingerprint density at radius 3 is 2.85 bits per heavy atom. The van der Waals surface area contributed by atoms with Gasteiger partial charge in [0.25, 0.3) is 0 Å². The van der Waals surface area contributed by atoms with Gasteiger partial charge in [0.15, 0.2) is 0 Å². The number of aromatic nitrogens is 5. The highest BCUT2D eigenvalue weighted by Gasteiger charge is 2.31. The fourth-order valence-corrected chi connectivity index (χ4v) is 4.54. The van der Waals surface area contributed by atoms with Crippen LogP contribution in [-0.2, 0) is 18.1 Å². The van der Waals surface area contributed by atoms with Crippen molar-refractivity contribution in [1.29, 1.82) is 0 Å². The van der Waals surface area contributed by atoms with Gasteiger partial charge in [0, 0.05) is 38.1 Å². The number of fused-ring (bicyclic) bond motifs is 1. The SMILES string of the molecule is C=CC(=O)N1CCCC(Nc2nc(Nc3cnn(CC)c3)nc3c2c(C2CC2)cn3CO)C1. The molecule has 1 atom stereocenters. The molecule has 0 spiro atoms. The maximum atomic E-state index is 12.2. The molecule has 2 fully saturated rings. The van der Waals surface area contributed by atoms with Crippen LogP contribution in [0.1, 0.15) is 44.1 Å². The van der Waals surface area contributed by atoms with E-state index in [4.69, 9.17) is 9.97 Å². The molecular formula is C23H30N8O2. The van der Waals surface area contributed by atoms with Crippen molar-refractivity contribution < 1.29 is 9.90 Å². The Hall–Kier alpha value is -3.40. The Morgan fingerprint density at radius 1 is 1.30 bits per heavy atom. The van der Waals surface area contributed by atoms with Gasteiger partial charge < -0.3 is 25.2 Å². The quantitative estimate of drug-likeness (QED) is 0.452. The van der Waals surface area contributed by atoms with Gasteiger partial charge >= 0.3 is 0 Å². The second kappa shape index (κ2) is 8.86. The minimum Gasteiger partial charge on any atom is -0.376 e. The van der Waals surface area contributed by atoms with Gasteiger partial charge in [0.1, 0.15) is 18.2 Å². The molecule has 3 N–H and O–H groups in total. The minimum atomic E-state index is -0.155. The summed E-state index contributed by atoms with van der Waals surface area (Å²) in [6, 6.07) is 0.0703. The average Bonchev–Trinajstić information content (AvgIpc) is 3.47. The predicted molar refractivity (Wildman–Crippen MR) is 126 cm³/mol. The van der Waals surface area contributed by atoms with Gasteiger partial charge in [-0.05, 0) is 50.2 Å². The molecule has 10 nitrogen and oxygen atoms in total. The number of nitrogens with zero attached hydrogens (tertiary/aromatic N) is 6. The van der Waals surface area contributed by atoms with Crippen LogP contribution in [0.25, 0.3) is 11.0 Å².